The van der Waals surface area contributed by atoms with E-state index in [2.05, 4.69) is 42.4 Å². The summed E-state index contributed by atoms with van der Waals surface area (Å²) in [6.07, 6.45) is -3.15. The highest BCUT2D eigenvalue weighted by atomic mass is 79.9. The number of halogens is 5. The van der Waals surface area contributed by atoms with Gasteiger partial charge in [0.25, 0.3) is 0 Å². The van der Waals surface area contributed by atoms with Crippen molar-refractivity contribution in [2.45, 2.75) is 6.18 Å². The molecule has 26 heavy (non-hydrogen) atoms. The summed E-state index contributed by atoms with van der Waals surface area (Å²) in [6.45, 7) is 0. The third-order valence-electron chi connectivity index (χ3n) is 3.38. The summed E-state index contributed by atoms with van der Waals surface area (Å²) in [5.41, 5.74) is 2.45. The quantitative estimate of drug-likeness (QED) is 0.376. The SMILES string of the molecule is O=C(N/N=C\c1ccc(C(F)(F)F)cc1)c1cc2cc(Br)cc(Br)c2o1. The van der Waals surface area contributed by atoms with Crippen LogP contribution in [0.25, 0.3) is 11.0 Å². The van der Waals surface area contributed by atoms with Gasteiger partial charge in [0, 0.05) is 9.86 Å². The maximum atomic E-state index is 12.5. The molecule has 0 unspecified atom stereocenters. The van der Waals surface area contributed by atoms with Gasteiger partial charge in [-0.05, 0) is 51.8 Å². The molecule has 0 spiro atoms. The van der Waals surface area contributed by atoms with E-state index in [1.54, 1.807) is 18.2 Å². The van der Waals surface area contributed by atoms with Gasteiger partial charge in [0.05, 0.1) is 16.3 Å². The molecule has 0 aliphatic carbocycles. The molecule has 9 heteroatoms. The Kier molecular flexibility index (Phi) is 5.19. The summed E-state index contributed by atoms with van der Waals surface area (Å²) in [5.74, 6) is -0.518. The first-order valence-electron chi connectivity index (χ1n) is 7.13. The molecule has 2 aromatic carbocycles. The van der Waals surface area contributed by atoms with Gasteiger partial charge in [-0.3, -0.25) is 4.79 Å². The zero-order chi connectivity index (χ0) is 18.9. The smallest absolute Gasteiger partial charge is 0.416 e. The Labute approximate surface area is 162 Å². The van der Waals surface area contributed by atoms with E-state index in [4.69, 9.17) is 4.42 Å². The van der Waals surface area contributed by atoms with Crippen LogP contribution in [0.3, 0.4) is 0 Å². The van der Waals surface area contributed by atoms with Crippen LogP contribution in [-0.2, 0) is 6.18 Å². The minimum atomic E-state index is -4.39. The van der Waals surface area contributed by atoms with Crippen molar-refractivity contribution in [1.82, 2.24) is 5.43 Å². The van der Waals surface area contributed by atoms with E-state index in [-0.39, 0.29) is 5.76 Å². The summed E-state index contributed by atoms with van der Waals surface area (Å²) >= 11 is 6.70. The van der Waals surface area contributed by atoms with Gasteiger partial charge in [-0.25, -0.2) is 5.43 Å². The highest BCUT2D eigenvalue weighted by Gasteiger charge is 2.29. The van der Waals surface area contributed by atoms with Crippen molar-refractivity contribution < 1.29 is 22.4 Å². The fraction of sp³-hybridized carbons (Fsp3) is 0.0588. The third kappa shape index (κ3) is 4.16. The van der Waals surface area contributed by atoms with Crippen LogP contribution >= 0.6 is 31.9 Å². The van der Waals surface area contributed by atoms with Gasteiger partial charge in [-0.15, -0.1) is 0 Å². The molecule has 0 saturated carbocycles. The molecule has 1 N–H and O–H groups in total. The molecule has 0 bridgehead atoms. The lowest BCUT2D eigenvalue weighted by Gasteiger charge is -2.05. The second kappa shape index (κ2) is 7.24. The topological polar surface area (TPSA) is 54.6 Å². The molecule has 1 aromatic heterocycles. The molecule has 3 rings (SSSR count). The van der Waals surface area contributed by atoms with Gasteiger partial charge >= 0.3 is 12.1 Å². The fourth-order valence-electron chi connectivity index (χ4n) is 2.17. The van der Waals surface area contributed by atoms with E-state index < -0.39 is 17.6 Å². The second-order valence-corrected chi connectivity index (χ2v) is 7.01. The van der Waals surface area contributed by atoms with Crippen molar-refractivity contribution in [3.63, 3.8) is 0 Å². The van der Waals surface area contributed by atoms with Crippen LogP contribution in [0.5, 0.6) is 0 Å². The van der Waals surface area contributed by atoms with Crippen molar-refractivity contribution in [3.8, 4) is 0 Å². The Hall–Kier alpha value is -2.13. The number of rotatable bonds is 3. The molecule has 0 atom stereocenters. The molecular weight excluding hydrogens is 481 g/mol. The normalized spacial score (nSPS) is 12.0. The monoisotopic (exact) mass is 488 g/mol. The predicted octanol–water partition coefficient (Wildman–Crippen LogP) is 5.74. The molecule has 3 aromatic rings. The first-order chi connectivity index (χ1) is 12.2. The average molecular weight is 490 g/mol. The van der Waals surface area contributed by atoms with Crippen molar-refractivity contribution in [1.29, 1.82) is 0 Å². The van der Waals surface area contributed by atoms with Crippen molar-refractivity contribution >= 4 is 55.0 Å². The number of benzene rings is 2. The number of amides is 1. The number of carbonyl (C=O) groups is 1. The number of alkyl halides is 3. The first kappa shape index (κ1) is 18.7. The van der Waals surface area contributed by atoms with Crippen LogP contribution in [0, 0.1) is 0 Å². The number of nitrogens with zero attached hydrogens (tertiary/aromatic N) is 1. The lowest BCUT2D eigenvalue weighted by Crippen LogP contribution is -2.16. The Morgan fingerprint density at radius 2 is 1.81 bits per heavy atom. The summed E-state index contributed by atoms with van der Waals surface area (Å²) in [7, 11) is 0. The molecule has 0 fully saturated rings. The second-order valence-electron chi connectivity index (χ2n) is 5.24. The van der Waals surface area contributed by atoms with Gasteiger partial charge in [-0.2, -0.15) is 18.3 Å². The predicted molar refractivity (Wildman–Crippen MR) is 98.1 cm³/mol. The molecule has 0 radical (unpaired) electrons. The first-order valence-corrected chi connectivity index (χ1v) is 8.72. The zero-order valence-corrected chi connectivity index (χ0v) is 15.9. The van der Waals surface area contributed by atoms with Crippen LogP contribution < -0.4 is 5.43 Å². The van der Waals surface area contributed by atoms with E-state index in [1.807, 2.05) is 0 Å². The van der Waals surface area contributed by atoms with Gasteiger partial charge in [0.15, 0.2) is 5.76 Å². The lowest BCUT2D eigenvalue weighted by molar-refractivity contribution is -0.137. The van der Waals surface area contributed by atoms with Crippen LogP contribution in [-0.4, -0.2) is 12.1 Å². The summed E-state index contributed by atoms with van der Waals surface area (Å²) in [4.78, 5) is 12.1. The summed E-state index contributed by atoms with van der Waals surface area (Å²) in [6, 6.07) is 9.55. The maximum Gasteiger partial charge on any atom is 0.416 e. The van der Waals surface area contributed by atoms with E-state index >= 15 is 0 Å². The number of fused-ring (bicyclic) bond motifs is 1. The molecule has 0 saturated heterocycles. The minimum absolute atomic E-state index is 0.0587. The molecule has 1 heterocycles. The van der Waals surface area contributed by atoms with E-state index in [1.165, 1.54) is 18.3 Å². The highest BCUT2D eigenvalue weighted by molar-refractivity contribution is 9.11. The van der Waals surface area contributed by atoms with E-state index in [0.29, 0.717) is 15.6 Å². The molecule has 4 nitrogen and oxygen atoms in total. The third-order valence-corrected chi connectivity index (χ3v) is 4.42. The van der Waals surface area contributed by atoms with Gasteiger partial charge in [-0.1, -0.05) is 28.1 Å². The summed E-state index contributed by atoms with van der Waals surface area (Å²) < 4.78 is 44.5. The number of hydrogen-bond acceptors (Lipinski definition) is 3. The van der Waals surface area contributed by atoms with Crippen molar-refractivity contribution in [3.05, 3.63) is 68.3 Å². The minimum Gasteiger partial charge on any atom is -0.450 e. The van der Waals surface area contributed by atoms with Crippen LogP contribution in [0.1, 0.15) is 21.7 Å². The molecule has 0 aliphatic rings. The lowest BCUT2D eigenvalue weighted by atomic mass is 10.1. The van der Waals surface area contributed by atoms with E-state index in [0.717, 1.165) is 22.0 Å². The number of carbonyl (C=O) groups excluding carboxylic acids is 1. The average Bonchev–Trinajstić information content (AvgIpc) is 2.99. The molecule has 1 amide bonds. The largest absolute Gasteiger partial charge is 0.450 e. The van der Waals surface area contributed by atoms with Crippen LogP contribution in [0.2, 0.25) is 0 Å². The maximum absolute atomic E-state index is 12.5. The Morgan fingerprint density at radius 3 is 2.46 bits per heavy atom. The standard InChI is InChI=1S/C17H9Br2F3N2O2/c18-12-5-10-6-14(26-15(10)13(19)7-12)16(25)24-23-8-9-1-3-11(4-2-9)17(20,21)22/h1-8H,(H,24,25)/b23-8-. The van der Waals surface area contributed by atoms with Gasteiger partial charge < -0.3 is 4.42 Å². The van der Waals surface area contributed by atoms with Gasteiger partial charge in [0.1, 0.15) is 5.58 Å². The van der Waals surface area contributed by atoms with Crippen molar-refractivity contribution in [2.75, 3.05) is 0 Å². The van der Waals surface area contributed by atoms with Crippen LogP contribution in [0.15, 0.2) is 60.9 Å². The van der Waals surface area contributed by atoms with Crippen LogP contribution in [0.4, 0.5) is 13.2 Å². The number of hydrazone groups is 1. The summed E-state index contributed by atoms with van der Waals surface area (Å²) in [5, 5.41) is 4.46. The highest BCUT2D eigenvalue weighted by Crippen LogP contribution is 2.31. The Bertz CT molecular complexity index is 996. The molecule has 134 valence electrons. The number of hydrogen-bond donors (Lipinski definition) is 1. The Balaban J connectivity index is 1.70. The fourth-order valence-corrected chi connectivity index (χ4v) is 3.51. The van der Waals surface area contributed by atoms with Gasteiger partial charge in [0.2, 0.25) is 0 Å². The number of nitrogens with one attached hydrogen (secondary N) is 1. The van der Waals surface area contributed by atoms with E-state index in [9.17, 15) is 18.0 Å². The molecule has 0 aliphatic heterocycles. The number of furan rings is 1. The van der Waals surface area contributed by atoms with Crippen molar-refractivity contribution in [2.24, 2.45) is 5.10 Å². The Morgan fingerprint density at radius 1 is 1.12 bits per heavy atom. The zero-order valence-electron chi connectivity index (χ0n) is 12.8. The molecular formula is C17H9Br2F3N2O2.